The van der Waals surface area contributed by atoms with Crippen molar-refractivity contribution in [3.8, 4) is 5.75 Å². The summed E-state index contributed by atoms with van der Waals surface area (Å²) in [5.41, 5.74) is 2.00. The maximum Gasteiger partial charge on any atom is 0.272 e. The molecule has 1 saturated heterocycles. The van der Waals surface area contributed by atoms with E-state index in [0.717, 1.165) is 6.54 Å². The maximum atomic E-state index is 11.9. The average Bonchev–Trinajstić information content (AvgIpc) is 2.54. The van der Waals surface area contributed by atoms with Crippen molar-refractivity contribution in [2.24, 2.45) is 0 Å². The van der Waals surface area contributed by atoms with Gasteiger partial charge in [-0.1, -0.05) is 12.1 Å². The lowest BCUT2D eigenvalue weighted by atomic mass is 10.1. The molecule has 0 radical (unpaired) electrons. The zero-order valence-electron chi connectivity index (χ0n) is 13.8. The van der Waals surface area contributed by atoms with Gasteiger partial charge >= 0.3 is 0 Å². The molecular formula is C18H22N2O3. The molecule has 0 bridgehead atoms. The minimum absolute atomic E-state index is 0.244. The van der Waals surface area contributed by atoms with Gasteiger partial charge in [-0.25, -0.2) is 0 Å². The minimum Gasteiger partial charge on any atom is -0.488 e. The molecule has 0 saturated carbocycles. The number of nitrogens with zero attached hydrogens (tertiary/aromatic N) is 2. The molecule has 1 aliphatic rings. The number of aryl methyl sites for hydroxylation is 1. The van der Waals surface area contributed by atoms with Crippen LogP contribution in [0.2, 0.25) is 0 Å². The van der Waals surface area contributed by atoms with Crippen molar-refractivity contribution < 1.29 is 4.74 Å². The first-order valence-corrected chi connectivity index (χ1v) is 8.07. The highest BCUT2D eigenvalue weighted by atomic mass is 16.5. The van der Waals surface area contributed by atoms with Gasteiger partial charge in [-0.2, -0.15) is 0 Å². The van der Waals surface area contributed by atoms with Crippen LogP contribution >= 0.6 is 0 Å². The maximum absolute atomic E-state index is 11.9. The van der Waals surface area contributed by atoms with Gasteiger partial charge in [0.1, 0.15) is 5.69 Å². The van der Waals surface area contributed by atoms with Crippen LogP contribution in [0.1, 0.15) is 19.4 Å². The van der Waals surface area contributed by atoms with Crippen LogP contribution in [0.5, 0.6) is 5.75 Å². The highest BCUT2D eigenvalue weighted by Crippen LogP contribution is 2.28. The van der Waals surface area contributed by atoms with Crippen molar-refractivity contribution in [1.82, 2.24) is 0 Å². The van der Waals surface area contributed by atoms with Crippen molar-refractivity contribution in [2.75, 3.05) is 36.0 Å². The Balaban J connectivity index is 1.78. The lowest BCUT2D eigenvalue weighted by molar-refractivity contribution is 0.332. The molecule has 0 aliphatic carbocycles. The molecule has 0 spiro atoms. The second-order valence-electron chi connectivity index (χ2n) is 6.10. The molecule has 23 heavy (non-hydrogen) atoms. The molecule has 2 aromatic rings. The van der Waals surface area contributed by atoms with E-state index >= 15 is 0 Å². The summed E-state index contributed by atoms with van der Waals surface area (Å²) in [4.78, 5) is 27.9. The molecule has 122 valence electrons. The number of rotatable bonds is 4. The van der Waals surface area contributed by atoms with Crippen molar-refractivity contribution in [2.45, 2.75) is 26.8 Å². The number of hydrogen-bond donors (Lipinski definition) is 0. The molecule has 3 rings (SSSR count). The molecule has 5 heteroatoms. The fourth-order valence-corrected chi connectivity index (χ4v) is 3.28. The smallest absolute Gasteiger partial charge is 0.272 e. The van der Waals surface area contributed by atoms with Gasteiger partial charge in [0.15, 0.2) is 5.75 Å². The first-order valence-electron chi connectivity index (χ1n) is 8.07. The van der Waals surface area contributed by atoms with Crippen molar-refractivity contribution in [3.05, 3.63) is 50.3 Å². The minimum atomic E-state index is -0.490. The molecule has 1 aliphatic heterocycles. The molecule has 1 unspecified atom stereocenters. The molecule has 0 aromatic heterocycles. The summed E-state index contributed by atoms with van der Waals surface area (Å²) in [5, 5.41) is 0. The van der Waals surface area contributed by atoms with Crippen molar-refractivity contribution in [3.63, 3.8) is 0 Å². The Hall–Kier alpha value is -2.30. The summed E-state index contributed by atoms with van der Waals surface area (Å²) in [6, 6.07) is 8.69. The van der Waals surface area contributed by atoms with Gasteiger partial charge in [-0.3, -0.25) is 9.59 Å². The summed E-state index contributed by atoms with van der Waals surface area (Å²) in [6.45, 7) is 8.68. The van der Waals surface area contributed by atoms with E-state index in [4.69, 9.17) is 4.74 Å². The molecule has 1 heterocycles. The number of anilines is 2. The van der Waals surface area contributed by atoms with Gasteiger partial charge in [0.05, 0.1) is 6.61 Å². The Kier molecular flexibility index (Phi) is 4.11. The van der Waals surface area contributed by atoms with Gasteiger partial charge in [0.25, 0.3) is 10.9 Å². The highest BCUT2D eigenvalue weighted by Gasteiger charge is 2.32. The van der Waals surface area contributed by atoms with Crippen LogP contribution in [-0.2, 0) is 0 Å². The van der Waals surface area contributed by atoms with E-state index in [1.54, 1.807) is 0 Å². The van der Waals surface area contributed by atoms with E-state index in [2.05, 4.69) is 43.0 Å². The number of hydrogen-bond acceptors (Lipinski definition) is 5. The van der Waals surface area contributed by atoms with Crippen molar-refractivity contribution >= 4 is 11.4 Å². The third-order valence-corrected chi connectivity index (χ3v) is 4.41. The predicted molar refractivity (Wildman–Crippen MR) is 92.7 cm³/mol. The van der Waals surface area contributed by atoms with Gasteiger partial charge in [-0.15, -0.1) is 0 Å². The quantitative estimate of drug-likeness (QED) is 0.804. The van der Waals surface area contributed by atoms with Crippen LogP contribution in [0.3, 0.4) is 0 Å². The SMILES string of the molecule is CCOc1c(N2CCN(c3cccc(C)c3)C(C)C2)c(=O)c1=O. The molecular weight excluding hydrogens is 292 g/mol. The largest absolute Gasteiger partial charge is 0.488 e. The third kappa shape index (κ3) is 2.71. The van der Waals surface area contributed by atoms with Crippen LogP contribution in [0, 0.1) is 6.92 Å². The molecule has 0 N–H and O–H groups in total. The van der Waals surface area contributed by atoms with E-state index in [-0.39, 0.29) is 11.8 Å². The lowest BCUT2D eigenvalue weighted by Gasteiger charge is -2.42. The summed E-state index contributed by atoms with van der Waals surface area (Å²) in [5.74, 6) is 0.244. The van der Waals surface area contributed by atoms with Crippen LogP contribution in [0.25, 0.3) is 0 Å². The number of ether oxygens (including phenoxy) is 1. The van der Waals surface area contributed by atoms with Gasteiger partial charge in [-0.05, 0) is 38.5 Å². The van der Waals surface area contributed by atoms with Crippen LogP contribution in [-0.4, -0.2) is 32.3 Å². The van der Waals surface area contributed by atoms with E-state index in [1.165, 1.54) is 11.3 Å². The summed E-state index contributed by atoms with van der Waals surface area (Å²) < 4.78 is 5.34. The van der Waals surface area contributed by atoms with Crippen LogP contribution in [0.4, 0.5) is 11.4 Å². The second-order valence-corrected chi connectivity index (χ2v) is 6.10. The fourth-order valence-electron chi connectivity index (χ4n) is 3.28. The number of piperazine rings is 1. The van der Waals surface area contributed by atoms with Crippen LogP contribution in [0.15, 0.2) is 33.9 Å². The summed E-state index contributed by atoms with van der Waals surface area (Å²) in [6.07, 6.45) is 0. The summed E-state index contributed by atoms with van der Waals surface area (Å²) in [7, 11) is 0. The zero-order valence-corrected chi connectivity index (χ0v) is 13.8. The molecule has 2 aromatic carbocycles. The van der Waals surface area contributed by atoms with Gasteiger partial charge < -0.3 is 14.5 Å². The molecule has 5 nitrogen and oxygen atoms in total. The monoisotopic (exact) mass is 314 g/mol. The topological polar surface area (TPSA) is 49.9 Å². The second kappa shape index (κ2) is 6.07. The molecule has 1 fully saturated rings. The van der Waals surface area contributed by atoms with E-state index in [1.807, 2.05) is 11.8 Å². The summed E-state index contributed by atoms with van der Waals surface area (Å²) >= 11 is 0. The first-order chi connectivity index (χ1) is 11.0. The fraction of sp³-hybridized carbons (Fsp3) is 0.444. The molecule has 1 atom stereocenters. The highest BCUT2D eigenvalue weighted by molar-refractivity contribution is 5.65. The van der Waals surface area contributed by atoms with E-state index < -0.39 is 10.9 Å². The van der Waals surface area contributed by atoms with E-state index in [0.29, 0.717) is 25.4 Å². The Morgan fingerprint density at radius 1 is 1.22 bits per heavy atom. The number of benzene rings is 1. The molecule has 0 amide bonds. The normalized spacial score (nSPS) is 18.5. The van der Waals surface area contributed by atoms with Crippen LogP contribution < -0.4 is 25.4 Å². The Morgan fingerprint density at radius 2 is 2.00 bits per heavy atom. The average molecular weight is 314 g/mol. The van der Waals surface area contributed by atoms with E-state index in [9.17, 15) is 9.59 Å². The third-order valence-electron chi connectivity index (χ3n) is 4.41. The van der Waals surface area contributed by atoms with Crippen molar-refractivity contribution in [1.29, 1.82) is 0 Å². The Labute approximate surface area is 135 Å². The van der Waals surface area contributed by atoms with Gasteiger partial charge in [0.2, 0.25) is 0 Å². The Morgan fingerprint density at radius 3 is 2.65 bits per heavy atom. The van der Waals surface area contributed by atoms with Gasteiger partial charge in [0, 0.05) is 31.4 Å². The predicted octanol–water partition coefficient (Wildman–Crippen LogP) is 1.70. The Bertz CT molecular complexity index is 777. The first kappa shape index (κ1) is 15.6. The lowest BCUT2D eigenvalue weighted by Crippen LogP contribution is -2.55. The standard InChI is InChI=1S/C18H22N2O3/c1-4-23-18-15(16(21)17(18)22)19-8-9-20(13(3)11-19)14-7-5-6-12(2)10-14/h5-7,10,13H,4,8-9,11H2,1-3H3. The zero-order chi connectivity index (χ0) is 16.6.